The van der Waals surface area contributed by atoms with Crippen molar-refractivity contribution in [3.63, 3.8) is 0 Å². The van der Waals surface area contributed by atoms with Gasteiger partial charge in [-0.05, 0) is 13.8 Å². The van der Waals surface area contributed by atoms with Gasteiger partial charge < -0.3 is 5.11 Å². The lowest BCUT2D eigenvalue weighted by atomic mass is 10.1. The molecule has 0 fully saturated rings. The van der Waals surface area contributed by atoms with Crippen LogP contribution in [0.4, 0.5) is 0 Å². The molecule has 80 valence electrons. The Hall–Kier alpha value is 0.0400. The Morgan fingerprint density at radius 1 is 1.57 bits per heavy atom. The fraction of sp³-hybridized carbons (Fsp3) is 0.625. The van der Waals surface area contributed by atoms with Gasteiger partial charge in [0.15, 0.2) is 0 Å². The van der Waals surface area contributed by atoms with E-state index in [-0.39, 0.29) is 0 Å². The maximum absolute atomic E-state index is 9.70. The first-order chi connectivity index (χ1) is 6.38. The van der Waals surface area contributed by atoms with E-state index in [9.17, 15) is 5.11 Å². The standard InChI is InChI=1S/C8H11Cl3N2O/c1-3-13-5(2)6(4-12-13)7(14)8(9,10)11/h4,7,14H,3H2,1-2H3. The Balaban J connectivity index is 3.02. The van der Waals surface area contributed by atoms with Gasteiger partial charge in [0.2, 0.25) is 3.79 Å². The smallest absolute Gasteiger partial charge is 0.220 e. The van der Waals surface area contributed by atoms with Crippen LogP contribution in [0.15, 0.2) is 6.20 Å². The van der Waals surface area contributed by atoms with E-state index in [1.807, 2.05) is 13.8 Å². The molecule has 6 heteroatoms. The van der Waals surface area contributed by atoms with Crippen LogP contribution in [0.2, 0.25) is 0 Å². The minimum atomic E-state index is -1.72. The quantitative estimate of drug-likeness (QED) is 0.827. The van der Waals surface area contributed by atoms with E-state index in [1.165, 1.54) is 6.20 Å². The SMILES string of the molecule is CCn1ncc(C(O)C(Cl)(Cl)Cl)c1C. The van der Waals surface area contributed by atoms with E-state index < -0.39 is 9.90 Å². The molecule has 0 spiro atoms. The second-order valence-corrected chi connectivity index (χ2v) is 5.31. The van der Waals surface area contributed by atoms with Crippen molar-refractivity contribution in [3.8, 4) is 0 Å². The number of hydrogen-bond donors (Lipinski definition) is 1. The molecule has 0 saturated carbocycles. The summed E-state index contributed by atoms with van der Waals surface area (Å²) in [6, 6.07) is 0. The molecule has 14 heavy (non-hydrogen) atoms. The molecular weight excluding hydrogens is 246 g/mol. The van der Waals surface area contributed by atoms with Crippen molar-refractivity contribution >= 4 is 34.8 Å². The predicted octanol–water partition coefficient (Wildman–Crippen LogP) is 2.62. The van der Waals surface area contributed by atoms with Crippen molar-refractivity contribution < 1.29 is 5.11 Å². The topological polar surface area (TPSA) is 38.0 Å². The third-order valence-electron chi connectivity index (χ3n) is 2.05. The van der Waals surface area contributed by atoms with Crippen molar-refractivity contribution in [1.82, 2.24) is 9.78 Å². The number of aryl methyl sites for hydroxylation is 1. The lowest BCUT2D eigenvalue weighted by molar-refractivity contribution is 0.181. The highest BCUT2D eigenvalue weighted by atomic mass is 35.6. The van der Waals surface area contributed by atoms with Gasteiger partial charge in [-0.2, -0.15) is 5.10 Å². The van der Waals surface area contributed by atoms with Crippen molar-refractivity contribution in [2.45, 2.75) is 30.3 Å². The van der Waals surface area contributed by atoms with E-state index >= 15 is 0 Å². The lowest BCUT2D eigenvalue weighted by Gasteiger charge is -2.18. The lowest BCUT2D eigenvalue weighted by Crippen LogP contribution is -2.17. The Labute approximate surface area is 97.6 Å². The number of nitrogens with zero attached hydrogens (tertiary/aromatic N) is 2. The van der Waals surface area contributed by atoms with Gasteiger partial charge in [-0.1, -0.05) is 34.8 Å². The van der Waals surface area contributed by atoms with Gasteiger partial charge in [0, 0.05) is 17.8 Å². The molecule has 1 heterocycles. The van der Waals surface area contributed by atoms with Gasteiger partial charge in [-0.25, -0.2) is 0 Å². The minimum absolute atomic E-state index is 0.548. The number of rotatable bonds is 2. The molecule has 0 aliphatic heterocycles. The molecule has 3 nitrogen and oxygen atoms in total. The molecule has 0 amide bonds. The van der Waals surface area contributed by atoms with Crippen LogP contribution in [-0.4, -0.2) is 18.7 Å². The normalized spacial score (nSPS) is 14.4. The van der Waals surface area contributed by atoms with Crippen LogP contribution < -0.4 is 0 Å². The molecule has 1 unspecified atom stereocenters. The average Bonchev–Trinajstić information content (AvgIpc) is 2.43. The third kappa shape index (κ3) is 2.34. The highest BCUT2D eigenvalue weighted by molar-refractivity contribution is 6.68. The van der Waals surface area contributed by atoms with E-state index in [0.29, 0.717) is 5.56 Å². The Morgan fingerprint density at radius 2 is 2.14 bits per heavy atom. The molecule has 0 aliphatic carbocycles. The number of aromatic nitrogens is 2. The largest absolute Gasteiger partial charge is 0.384 e. The summed E-state index contributed by atoms with van der Waals surface area (Å²) in [7, 11) is 0. The first-order valence-electron chi connectivity index (χ1n) is 4.15. The Kier molecular flexibility index (Phi) is 3.69. The van der Waals surface area contributed by atoms with Crippen molar-refractivity contribution in [2.75, 3.05) is 0 Å². The maximum Gasteiger partial charge on any atom is 0.220 e. The highest BCUT2D eigenvalue weighted by Gasteiger charge is 2.34. The van der Waals surface area contributed by atoms with Crippen LogP contribution >= 0.6 is 34.8 Å². The fourth-order valence-electron chi connectivity index (χ4n) is 1.22. The van der Waals surface area contributed by atoms with Gasteiger partial charge in [0.1, 0.15) is 6.10 Å². The van der Waals surface area contributed by atoms with Gasteiger partial charge in [-0.3, -0.25) is 4.68 Å². The van der Waals surface area contributed by atoms with Crippen LogP contribution in [-0.2, 0) is 6.54 Å². The summed E-state index contributed by atoms with van der Waals surface area (Å²) in [5.74, 6) is 0. The zero-order valence-electron chi connectivity index (χ0n) is 7.84. The Morgan fingerprint density at radius 3 is 2.50 bits per heavy atom. The molecule has 0 radical (unpaired) electrons. The molecule has 1 aromatic rings. The molecule has 0 aliphatic rings. The van der Waals surface area contributed by atoms with Gasteiger partial charge >= 0.3 is 0 Å². The molecule has 0 saturated heterocycles. The van der Waals surface area contributed by atoms with Gasteiger partial charge in [-0.15, -0.1) is 0 Å². The van der Waals surface area contributed by atoms with Crippen molar-refractivity contribution in [1.29, 1.82) is 0 Å². The van der Waals surface area contributed by atoms with E-state index in [1.54, 1.807) is 4.68 Å². The number of alkyl halides is 3. The molecule has 1 atom stereocenters. The van der Waals surface area contributed by atoms with Crippen LogP contribution in [0.1, 0.15) is 24.3 Å². The molecule has 0 bridgehead atoms. The molecule has 0 aromatic carbocycles. The summed E-state index contributed by atoms with van der Waals surface area (Å²) in [5.41, 5.74) is 1.36. The van der Waals surface area contributed by atoms with Gasteiger partial charge in [0.25, 0.3) is 0 Å². The average molecular weight is 258 g/mol. The van der Waals surface area contributed by atoms with E-state index in [0.717, 1.165) is 12.2 Å². The minimum Gasteiger partial charge on any atom is -0.384 e. The van der Waals surface area contributed by atoms with Crippen LogP contribution in [0.5, 0.6) is 0 Å². The van der Waals surface area contributed by atoms with Crippen LogP contribution in [0.3, 0.4) is 0 Å². The first kappa shape index (κ1) is 12.1. The second kappa shape index (κ2) is 4.27. The summed E-state index contributed by atoms with van der Waals surface area (Å²) < 4.78 is 0.0152. The number of aliphatic hydroxyl groups is 1. The number of halogens is 3. The summed E-state index contributed by atoms with van der Waals surface area (Å²) in [6.07, 6.45) is 0.374. The summed E-state index contributed by atoms with van der Waals surface area (Å²) >= 11 is 16.8. The zero-order valence-corrected chi connectivity index (χ0v) is 10.1. The van der Waals surface area contributed by atoms with Gasteiger partial charge in [0.05, 0.1) is 6.20 Å². The summed E-state index contributed by atoms with van der Waals surface area (Å²) in [6.45, 7) is 4.50. The van der Waals surface area contributed by atoms with E-state index in [2.05, 4.69) is 5.10 Å². The van der Waals surface area contributed by atoms with Crippen molar-refractivity contribution in [3.05, 3.63) is 17.5 Å². The Bertz CT molecular complexity index is 319. The number of hydrogen-bond acceptors (Lipinski definition) is 2. The highest BCUT2D eigenvalue weighted by Crippen LogP contribution is 2.40. The van der Waals surface area contributed by atoms with Crippen LogP contribution in [0.25, 0.3) is 0 Å². The third-order valence-corrected chi connectivity index (χ3v) is 2.67. The van der Waals surface area contributed by atoms with Crippen molar-refractivity contribution in [2.24, 2.45) is 0 Å². The number of aliphatic hydroxyl groups excluding tert-OH is 1. The van der Waals surface area contributed by atoms with Crippen LogP contribution in [0, 0.1) is 6.92 Å². The first-order valence-corrected chi connectivity index (χ1v) is 5.28. The molecular formula is C8H11Cl3N2O. The monoisotopic (exact) mass is 256 g/mol. The molecule has 1 rings (SSSR count). The predicted molar refractivity (Wildman–Crippen MR) is 57.9 cm³/mol. The molecule has 1 N–H and O–H groups in total. The van der Waals surface area contributed by atoms with E-state index in [4.69, 9.17) is 34.8 Å². The zero-order chi connectivity index (χ0) is 10.9. The molecule has 1 aromatic heterocycles. The second-order valence-electron chi connectivity index (χ2n) is 2.95. The summed E-state index contributed by atoms with van der Waals surface area (Å²) in [5, 5.41) is 13.7. The maximum atomic E-state index is 9.70. The fourth-order valence-corrected chi connectivity index (χ4v) is 1.58. The summed E-state index contributed by atoms with van der Waals surface area (Å²) in [4.78, 5) is 0.